The van der Waals surface area contributed by atoms with E-state index in [2.05, 4.69) is 28.1 Å². The van der Waals surface area contributed by atoms with Crippen LogP contribution >= 0.6 is 0 Å². The molecule has 0 radical (unpaired) electrons. The summed E-state index contributed by atoms with van der Waals surface area (Å²) >= 11 is 0. The first-order chi connectivity index (χ1) is 9.74. The molecule has 112 valence electrons. The van der Waals surface area contributed by atoms with Gasteiger partial charge in [0.15, 0.2) is 0 Å². The van der Waals surface area contributed by atoms with Crippen molar-refractivity contribution in [3.05, 3.63) is 0 Å². The fourth-order valence-corrected chi connectivity index (χ4v) is 3.89. The molecule has 2 saturated carbocycles. The van der Waals surface area contributed by atoms with Crippen LogP contribution in [0, 0.1) is 11.3 Å². The van der Waals surface area contributed by atoms with Crippen molar-refractivity contribution in [1.82, 2.24) is 15.1 Å². The monoisotopic (exact) mass is 276 g/mol. The SMILES string of the molecule is CCN1CCN(C2CCCC(C#N)(NC3CC3)C2)CC1. The van der Waals surface area contributed by atoms with Gasteiger partial charge in [0.1, 0.15) is 5.54 Å². The van der Waals surface area contributed by atoms with E-state index >= 15 is 0 Å². The van der Waals surface area contributed by atoms with Crippen molar-refractivity contribution in [1.29, 1.82) is 5.26 Å². The summed E-state index contributed by atoms with van der Waals surface area (Å²) < 4.78 is 0. The molecule has 1 aliphatic heterocycles. The van der Waals surface area contributed by atoms with Crippen LogP contribution in [-0.4, -0.2) is 60.1 Å². The molecular weight excluding hydrogens is 248 g/mol. The third kappa shape index (κ3) is 3.16. The smallest absolute Gasteiger partial charge is 0.108 e. The van der Waals surface area contributed by atoms with E-state index in [9.17, 15) is 5.26 Å². The average Bonchev–Trinajstić information content (AvgIpc) is 3.31. The van der Waals surface area contributed by atoms with Gasteiger partial charge in [0.2, 0.25) is 0 Å². The van der Waals surface area contributed by atoms with Crippen LogP contribution in [0.15, 0.2) is 0 Å². The van der Waals surface area contributed by atoms with E-state index in [0.717, 1.165) is 12.8 Å². The molecule has 0 aromatic carbocycles. The van der Waals surface area contributed by atoms with Crippen molar-refractivity contribution in [2.24, 2.45) is 0 Å². The number of rotatable bonds is 4. The van der Waals surface area contributed by atoms with Crippen molar-refractivity contribution in [2.45, 2.75) is 63.1 Å². The number of nitrogens with zero attached hydrogens (tertiary/aromatic N) is 3. The lowest BCUT2D eigenvalue weighted by atomic mass is 9.79. The number of hydrogen-bond donors (Lipinski definition) is 1. The first-order valence-electron chi connectivity index (χ1n) is 8.40. The molecule has 1 saturated heterocycles. The van der Waals surface area contributed by atoms with Gasteiger partial charge in [-0.15, -0.1) is 0 Å². The van der Waals surface area contributed by atoms with Gasteiger partial charge in [-0.3, -0.25) is 10.2 Å². The van der Waals surface area contributed by atoms with Crippen molar-refractivity contribution < 1.29 is 0 Å². The molecule has 3 fully saturated rings. The second-order valence-electron chi connectivity index (χ2n) is 6.83. The summed E-state index contributed by atoms with van der Waals surface area (Å²) in [6.45, 7) is 8.18. The van der Waals surface area contributed by atoms with Crippen molar-refractivity contribution in [3.8, 4) is 6.07 Å². The van der Waals surface area contributed by atoms with Gasteiger partial charge in [0, 0.05) is 38.3 Å². The molecule has 0 bridgehead atoms. The molecule has 4 heteroatoms. The Balaban J connectivity index is 1.58. The lowest BCUT2D eigenvalue weighted by Gasteiger charge is -2.44. The van der Waals surface area contributed by atoms with Crippen LogP contribution in [0.3, 0.4) is 0 Å². The van der Waals surface area contributed by atoms with Gasteiger partial charge < -0.3 is 4.90 Å². The van der Waals surface area contributed by atoms with Gasteiger partial charge in [0.25, 0.3) is 0 Å². The van der Waals surface area contributed by atoms with Gasteiger partial charge in [-0.25, -0.2) is 0 Å². The molecule has 0 aromatic rings. The summed E-state index contributed by atoms with van der Waals surface area (Å²) in [6, 6.07) is 3.88. The third-order valence-electron chi connectivity index (χ3n) is 5.37. The Morgan fingerprint density at radius 3 is 2.55 bits per heavy atom. The first-order valence-corrected chi connectivity index (χ1v) is 8.40. The van der Waals surface area contributed by atoms with Crippen LogP contribution in [0.5, 0.6) is 0 Å². The predicted molar refractivity (Wildman–Crippen MR) is 80.4 cm³/mol. The van der Waals surface area contributed by atoms with Gasteiger partial charge in [-0.2, -0.15) is 5.26 Å². The van der Waals surface area contributed by atoms with E-state index < -0.39 is 0 Å². The van der Waals surface area contributed by atoms with E-state index in [1.807, 2.05) is 0 Å². The summed E-state index contributed by atoms with van der Waals surface area (Å²) in [7, 11) is 0. The zero-order chi connectivity index (χ0) is 14.0. The van der Waals surface area contributed by atoms with Gasteiger partial charge in [-0.1, -0.05) is 6.92 Å². The summed E-state index contributed by atoms with van der Waals surface area (Å²) in [5.74, 6) is 0. The van der Waals surface area contributed by atoms with E-state index in [4.69, 9.17) is 0 Å². The zero-order valence-electron chi connectivity index (χ0n) is 12.8. The highest BCUT2D eigenvalue weighted by Crippen LogP contribution is 2.34. The van der Waals surface area contributed by atoms with Crippen molar-refractivity contribution in [2.75, 3.05) is 32.7 Å². The molecule has 0 spiro atoms. The molecule has 20 heavy (non-hydrogen) atoms. The highest BCUT2D eigenvalue weighted by molar-refractivity contribution is 5.13. The molecule has 3 rings (SSSR count). The maximum absolute atomic E-state index is 9.68. The quantitative estimate of drug-likeness (QED) is 0.846. The first kappa shape index (κ1) is 14.3. The van der Waals surface area contributed by atoms with Crippen LogP contribution in [0.25, 0.3) is 0 Å². The average molecular weight is 276 g/mol. The fraction of sp³-hybridized carbons (Fsp3) is 0.938. The number of nitrogens with one attached hydrogen (secondary N) is 1. The van der Waals surface area contributed by atoms with Crippen LogP contribution in [0.4, 0.5) is 0 Å². The molecule has 1 heterocycles. The predicted octanol–water partition coefficient (Wildman–Crippen LogP) is 1.58. The van der Waals surface area contributed by atoms with Crippen LogP contribution in [-0.2, 0) is 0 Å². The van der Waals surface area contributed by atoms with Gasteiger partial charge in [0.05, 0.1) is 6.07 Å². The molecule has 3 aliphatic rings. The Kier molecular flexibility index (Phi) is 4.30. The van der Waals surface area contributed by atoms with E-state index in [-0.39, 0.29) is 5.54 Å². The third-order valence-corrected chi connectivity index (χ3v) is 5.37. The normalized spacial score (nSPS) is 36.7. The van der Waals surface area contributed by atoms with Gasteiger partial charge in [-0.05, 0) is 45.1 Å². The molecule has 2 unspecified atom stereocenters. The fourth-order valence-electron chi connectivity index (χ4n) is 3.89. The van der Waals surface area contributed by atoms with E-state index in [1.54, 1.807) is 0 Å². The second-order valence-corrected chi connectivity index (χ2v) is 6.83. The van der Waals surface area contributed by atoms with E-state index in [1.165, 1.54) is 58.4 Å². The maximum atomic E-state index is 9.68. The second kappa shape index (κ2) is 6.01. The van der Waals surface area contributed by atoms with E-state index in [0.29, 0.717) is 12.1 Å². The minimum atomic E-state index is -0.230. The summed E-state index contributed by atoms with van der Waals surface area (Å²) in [4.78, 5) is 5.17. The Labute approximate surface area is 123 Å². The molecule has 2 aliphatic carbocycles. The summed E-state index contributed by atoms with van der Waals surface area (Å²) in [5, 5.41) is 13.3. The lowest BCUT2D eigenvalue weighted by molar-refractivity contribution is 0.0644. The molecule has 2 atom stereocenters. The Hall–Kier alpha value is -0.630. The Morgan fingerprint density at radius 1 is 1.20 bits per heavy atom. The summed E-state index contributed by atoms with van der Waals surface area (Å²) in [5.41, 5.74) is -0.230. The Bertz CT molecular complexity index is 365. The minimum absolute atomic E-state index is 0.230. The molecule has 1 N–H and O–H groups in total. The number of hydrogen-bond acceptors (Lipinski definition) is 4. The van der Waals surface area contributed by atoms with Crippen LogP contribution in [0.1, 0.15) is 45.4 Å². The number of likely N-dealkylation sites (N-methyl/N-ethyl adjacent to an activating group) is 1. The molecular formula is C16H28N4. The number of nitriles is 1. The summed E-state index contributed by atoms with van der Waals surface area (Å²) in [6.07, 6.45) is 7.10. The van der Waals surface area contributed by atoms with Gasteiger partial charge >= 0.3 is 0 Å². The largest absolute Gasteiger partial charge is 0.301 e. The van der Waals surface area contributed by atoms with Crippen molar-refractivity contribution in [3.63, 3.8) is 0 Å². The maximum Gasteiger partial charge on any atom is 0.108 e. The zero-order valence-corrected chi connectivity index (χ0v) is 12.8. The lowest BCUT2D eigenvalue weighted by Crippen LogP contribution is -2.57. The minimum Gasteiger partial charge on any atom is -0.301 e. The highest BCUT2D eigenvalue weighted by atomic mass is 15.3. The molecule has 0 amide bonds. The standard InChI is InChI=1S/C16H28N4/c1-2-19-8-10-20(11-9-19)15-4-3-7-16(12-15,13-17)18-14-5-6-14/h14-15,18H,2-12H2,1H3. The molecule has 0 aromatic heterocycles. The van der Waals surface area contributed by atoms with Crippen molar-refractivity contribution >= 4 is 0 Å². The van der Waals surface area contributed by atoms with Crippen LogP contribution in [0.2, 0.25) is 0 Å². The van der Waals surface area contributed by atoms with Crippen LogP contribution < -0.4 is 5.32 Å². The topological polar surface area (TPSA) is 42.3 Å². The highest BCUT2D eigenvalue weighted by Gasteiger charge is 2.42. The number of piperazine rings is 1. The Morgan fingerprint density at radius 2 is 1.95 bits per heavy atom. The molecule has 4 nitrogen and oxygen atoms in total.